The van der Waals surface area contributed by atoms with E-state index in [1.807, 2.05) is 42.5 Å². The van der Waals surface area contributed by atoms with Crippen molar-refractivity contribution >= 4 is 43.3 Å². The zero-order valence-corrected chi connectivity index (χ0v) is 32.1. The molecule has 5 nitrogen and oxygen atoms in total. The zero-order chi connectivity index (χ0) is 35.3. The molecule has 0 N–H and O–H groups in total. The summed E-state index contributed by atoms with van der Waals surface area (Å²) in [7, 11) is -2.86. The molecule has 7 heteroatoms. The van der Waals surface area contributed by atoms with E-state index in [1.165, 1.54) is 32.9 Å². The van der Waals surface area contributed by atoms with Crippen LogP contribution in [-0.2, 0) is 16.1 Å². The fourth-order valence-corrected chi connectivity index (χ4v) is 15.7. The molecule has 0 aliphatic rings. The van der Waals surface area contributed by atoms with Crippen molar-refractivity contribution in [3.05, 3.63) is 145 Å². The highest BCUT2D eigenvalue weighted by Crippen LogP contribution is 2.41. The molecule has 0 unspecified atom stereocenters. The van der Waals surface area contributed by atoms with Gasteiger partial charge in [0.25, 0.3) is 0 Å². The Balaban J connectivity index is 1.76. The van der Waals surface area contributed by atoms with E-state index < -0.39 is 16.6 Å². The maximum Gasteiger partial charge on any atom is 0.319 e. The van der Waals surface area contributed by atoms with E-state index in [1.54, 1.807) is 7.05 Å². The van der Waals surface area contributed by atoms with Gasteiger partial charge in [0, 0.05) is 13.1 Å². The molecule has 0 aromatic heterocycles. The van der Waals surface area contributed by atoms with Gasteiger partial charge in [-0.15, -0.1) is 0 Å². The van der Waals surface area contributed by atoms with Crippen molar-refractivity contribution in [2.45, 2.75) is 58.0 Å². The summed E-state index contributed by atoms with van der Waals surface area (Å²) in [6, 6.07) is 48.4. The lowest BCUT2D eigenvalue weighted by atomic mass is 10.1. The molecule has 0 bridgehead atoms. The molecule has 1 amide bonds. The van der Waals surface area contributed by atoms with Crippen LogP contribution in [0.25, 0.3) is 0 Å². The summed E-state index contributed by atoms with van der Waals surface area (Å²) in [4.78, 5) is 18.5. The Morgan fingerprint density at radius 3 is 1.12 bits per heavy atom. The molecule has 0 saturated heterocycles. The van der Waals surface area contributed by atoms with Gasteiger partial charge in [-0.2, -0.15) is 0 Å². The second-order valence-electron chi connectivity index (χ2n) is 14.6. The Kier molecular flexibility index (Phi) is 10.7. The van der Waals surface area contributed by atoms with Crippen molar-refractivity contribution < 1.29 is 18.5 Å². The molecule has 0 saturated carbocycles. The van der Waals surface area contributed by atoms with Crippen LogP contribution in [0.3, 0.4) is 0 Å². The van der Waals surface area contributed by atoms with Crippen LogP contribution in [-0.4, -0.2) is 41.8 Å². The first-order chi connectivity index (χ1) is 23.3. The van der Waals surface area contributed by atoms with Gasteiger partial charge in [-0.05, 0) is 48.5 Å². The van der Waals surface area contributed by atoms with Crippen LogP contribution in [0, 0.1) is 0 Å². The normalized spacial score (nSPS) is 12.3. The van der Waals surface area contributed by atoms with E-state index in [4.69, 9.17) is 13.7 Å². The maximum absolute atomic E-state index is 13.3. The van der Waals surface area contributed by atoms with E-state index in [9.17, 15) is 4.79 Å². The van der Waals surface area contributed by atoms with Crippen LogP contribution >= 0.6 is 0 Å². The molecule has 49 heavy (non-hydrogen) atoms. The molecule has 0 aliphatic heterocycles. The monoisotopic (exact) mass is 687 g/mol. The SMILES string of the molecule is CON(C)C(=O)Cc1cc(O[Si](c2ccccc2)(c2ccccc2)C(C)(C)C)cc(O[Si](c2ccccc2)(c2ccccc2)C(C)(C)C)c1. The predicted molar refractivity (Wildman–Crippen MR) is 206 cm³/mol. The van der Waals surface area contributed by atoms with E-state index in [2.05, 4.69) is 139 Å². The van der Waals surface area contributed by atoms with E-state index in [-0.39, 0.29) is 22.4 Å². The summed E-state index contributed by atoms with van der Waals surface area (Å²) in [6.45, 7) is 13.6. The molecular formula is C42H49NO4Si2. The van der Waals surface area contributed by atoms with Crippen LogP contribution in [0.5, 0.6) is 11.5 Å². The molecule has 5 rings (SSSR count). The zero-order valence-electron chi connectivity index (χ0n) is 30.1. The topological polar surface area (TPSA) is 48.0 Å². The van der Waals surface area contributed by atoms with Gasteiger partial charge >= 0.3 is 16.6 Å². The smallest absolute Gasteiger partial charge is 0.319 e. The lowest BCUT2D eigenvalue weighted by molar-refractivity contribution is -0.167. The van der Waals surface area contributed by atoms with Crippen molar-refractivity contribution in [3.8, 4) is 11.5 Å². The molecule has 254 valence electrons. The average molecular weight is 688 g/mol. The third kappa shape index (κ3) is 7.30. The van der Waals surface area contributed by atoms with Gasteiger partial charge in [0.1, 0.15) is 11.5 Å². The summed E-state index contributed by atoms with van der Waals surface area (Å²) >= 11 is 0. The van der Waals surface area contributed by atoms with E-state index in [0.717, 1.165) is 5.56 Å². The molecule has 5 aromatic rings. The van der Waals surface area contributed by atoms with Crippen LogP contribution in [0.2, 0.25) is 10.1 Å². The number of hydrogen-bond donors (Lipinski definition) is 0. The minimum absolute atomic E-state index is 0.124. The molecule has 0 atom stereocenters. The first-order valence-electron chi connectivity index (χ1n) is 16.9. The van der Waals surface area contributed by atoms with Gasteiger partial charge in [0.15, 0.2) is 0 Å². The summed E-state index contributed by atoms with van der Waals surface area (Å²) < 4.78 is 15.0. The maximum atomic E-state index is 13.3. The Morgan fingerprint density at radius 1 is 0.551 bits per heavy atom. The number of hydrogen-bond acceptors (Lipinski definition) is 4. The number of benzene rings is 5. The van der Waals surface area contributed by atoms with Gasteiger partial charge < -0.3 is 8.85 Å². The molecule has 0 heterocycles. The Labute approximate surface area is 294 Å². The molecule has 0 aliphatic carbocycles. The lowest BCUT2D eigenvalue weighted by Gasteiger charge is -2.44. The number of hydroxylamine groups is 2. The Morgan fingerprint density at radius 2 is 0.857 bits per heavy atom. The van der Waals surface area contributed by atoms with Crippen molar-refractivity contribution in [1.29, 1.82) is 0 Å². The summed E-state index contributed by atoms with van der Waals surface area (Å²) in [6.07, 6.45) is 0.124. The highest BCUT2D eigenvalue weighted by atomic mass is 28.4. The largest absolute Gasteiger partial charge is 0.534 e. The fourth-order valence-electron chi connectivity index (χ4n) is 6.89. The lowest BCUT2D eigenvalue weighted by Crippen LogP contribution is -2.69. The standard InChI is InChI=1S/C42H49NO4Si2/c1-41(2,3)48(36-21-13-9-14-22-36,37-23-15-10-16-24-37)46-34-29-33(31-40(44)43(7)45-8)30-35(32-34)47-49(42(4,5)6,38-25-17-11-18-26-38)39-27-19-12-20-28-39/h9-30,32H,31H2,1-8H3. The van der Waals surface area contributed by atoms with Gasteiger partial charge in [0.2, 0.25) is 5.91 Å². The van der Waals surface area contributed by atoms with Crippen molar-refractivity contribution in [2.24, 2.45) is 0 Å². The van der Waals surface area contributed by atoms with Crippen molar-refractivity contribution in [3.63, 3.8) is 0 Å². The Hall–Kier alpha value is -4.44. The number of nitrogens with zero attached hydrogens (tertiary/aromatic N) is 1. The summed E-state index contributed by atoms with van der Waals surface area (Å²) in [5, 5.41) is 5.44. The van der Waals surface area contributed by atoms with Crippen LogP contribution in [0.4, 0.5) is 0 Å². The second-order valence-corrected chi connectivity index (χ2v) is 23.0. The predicted octanol–water partition coefficient (Wildman–Crippen LogP) is 7.13. The van der Waals surface area contributed by atoms with E-state index >= 15 is 0 Å². The van der Waals surface area contributed by atoms with Crippen LogP contribution < -0.4 is 29.6 Å². The minimum Gasteiger partial charge on any atom is -0.534 e. The molecule has 0 radical (unpaired) electrons. The average Bonchev–Trinajstić information content (AvgIpc) is 3.09. The number of carbonyl (C=O) groups is 1. The molecule has 5 aromatic carbocycles. The van der Waals surface area contributed by atoms with Crippen molar-refractivity contribution in [1.82, 2.24) is 5.06 Å². The quantitative estimate of drug-likeness (QED) is 0.110. The molecular weight excluding hydrogens is 639 g/mol. The van der Waals surface area contributed by atoms with E-state index in [0.29, 0.717) is 11.5 Å². The fraction of sp³-hybridized carbons (Fsp3) is 0.262. The van der Waals surface area contributed by atoms with Crippen LogP contribution in [0.1, 0.15) is 47.1 Å². The number of carbonyl (C=O) groups excluding carboxylic acids is 1. The highest BCUT2D eigenvalue weighted by molar-refractivity contribution is 7.00. The van der Waals surface area contributed by atoms with Crippen molar-refractivity contribution in [2.75, 3.05) is 14.2 Å². The highest BCUT2D eigenvalue weighted by Gasteiger charge is 2.53. The third-order valence-corrected chi connectivity index (χ3v) is 19.2. The number of rotatable bonds is 11. The van der Waals surface area contributed by atoms with Gasteiger partial charge in [-0.3, -0.25) is 9.63 Å². The van der Waals surface area contributed by atoms with Gasteiger partial charge in [0.05, 0.1) is 13.5 Å². The minimum atomic E-state index is -2.99. The summed E-state index contributed by atoms with van der Waals surface area (Å²) in [5.41, 5.74) is 0.789. The Bertz CT molecular complexity index is 1620. The molecule has 0 fully saturated rings. The second kappa shape index (κ2) is 14.6. The molecule has 0 spiro atoms. The summed E-state index contributed by atoms with van der Waals surface area (Å²) in [5.74, 6) is 1.18. The van der Waals surface area contributed by atoms with Gasteiger partial charge in [-0.25, -0.2) is 5.06 Å². The van der Waals surface area contributed by atoms with Crippen LogP contribution in [0.15, 0.2) is 140 Å². The number of amides is 1. The first kappa shape index (κ1) is 35.9. The first-order valence-corrected chi connectivity index (χ1v) is 20.7. The third-order valence-electron chi connectivity index (χ3n) is 9.30. The van der Waals surface area contributed by atoms with Gasteiger partial charge in [-0.1, -0.05) is 163 Å². The number of likely N-dealkylation sites (N-methyl/N-ethyl adjacent to an activating group) is 1.